The van der Waals surface area contributed by atoms with E-state index in [0.29, 0.717) is 38.3 Å². The molecule has 1 amide bonds. The average molecular weight is 385 g/mol. The number of amides is 1. The minimum absolute atomic E-state index is 0.122. The van der Waals surface area contributed by atoms with Crippen LogP contribution in [0.15, 0.2) is 54.6 Å². The normalized spacial score (nSPS) is 15.7. The van der Waals surface area contributed by atoms with Gasteiger partial charge in [-0.1, -0.05) is 30.3 Å². The van der Waals surface area contributed by atoms with Crippen LogP contribution < -0.4 is 4.74 Å². The number of hydrogen-bond donors (Lipinski definition) is 0. The van der Waals surface area contributed by atoms with Crippen molar-refractivity contribution in [3.8, 4) is 5.75 Å². The molecule has 1 heterocycles. The molecule has 3 rings (SSSR count). The van der Waals surface area contributed by atoms with Gasteiger partial charge in [-0.3, -0.25) is 9.59 Å². The number of halogens is 1. The predicted molar refractivity (Wildman–Crippen MR) is 102 cm³/mol. The van der Waals surface area contributed by atoms with Gasteiger partial charge < -0.3 is 14.4 Å². The SMILES string of the molecule is CCOC(=O)C1(c2ccccc2)CCN(C(=O)COc2ccc(F)cc2)CC1. The molecule has 5 nitrogen and oxygen atoms in total. The molecule has 1 fully saturated rings. The van der Waals surface area contributed by atoms with E-state index in [0.717, 1.165) is 5.56 Å². The molecule has 0 bridgehead atoms. The van der Waals surface area contributed by atoms with Crippen molar-refractivity contribution in [2.24, 2.45) is 0 Å². The summed E-state index contributed by atoms with van der Waals surface area (Å²) in [7, 11) is 0. The van der Waals surface area contributed by atoms with Crippen molar-refractivity contribution >= 4 is 11.9 Å². The van der Waals surface area contributed by atoms with Gasteiger partial charge >= 0.3 is 5.97 Å². The number of benzene rings is 2. The first-order valence-corrected chi connectivity index (χ1v) is 9.44. The van der Waals surface area contributed by atoms with Crippen molar-refractivity contribution in [3.05, 3.63) is 66.0 Å². The van der Waals surface area contributed by atoms with E-state index in [4.69, 9.17) is 9.47 Å². The molecule has 6 heteroatoms. The molecule has 0 N–H and O–H groups in total. The Morgan fingerprint density at radius 2 is 1.68 bits per heavy atom. The molecule has 0 spiro atoms. The monoisotopic (exact) mass is 385 g/mol. The summed E-state index contributed by atoms with van der Waals surface area (Å²) in [6, 6.07) is 15.1. The zero-order valence-corrected chi connectivity index (χ0v) is 15.9. The summed E-state index contributed by atoms with van der Waals surface area (Å²) < 4.78 is 23.7. The molecular formula is C22H24FNO4. The van der Waals surface area contributed by atoms with Crippen LogP contribution in [-0.2, 0) is 19.7 Å². The lowest BCUT2D eigenvalue weighted by atomic mass is 9.72. The number of carbonyl (C=O) groups is 2. The number of ether oxygens (including phenoxy) is 2. The Morgan fingerprint density at radius 3 is 2.29 bits per heavy atom. The van der Waals surface area contributed by atoms with Gasteiger partial charge in [-0.15, -0.1) is 0 Å². The predicted octanol–water partition coefficient (Wildman–Crippen LogP) is 3.33. The Kier molecular flexibility index (Phi) is 6.29. The average Bonchev–Trinajstić information content (AvgIpc) is 2.74. The van der Waals surface area contributed by atoms with Crippen LogP contribution in [0.4, 0.5) is 4.39 Å². The Hall–Kier alpha value is -2.89. The second kappa shape index (κ2) is 8.87. The van der Waals surface area contributed by atoms with E-state index in [2.05, 4.69) is 0 Å². The standard InChI is InChI=1S/C22H24FNO4/c1-2-27-21(26)22(17-6-4-3-5-7-17)12-14-24(15-13-22)20(25)16-28-19-10-8-18(23)9-11-19/h3-11H,2,12-16H2,1H3. The van der Waals surface area contributed by atoms with Crippen LogP contribution in [0.1, 0.15) is 25.3 Å². The van der Waals surface area contributed by atoms with E-state index in [1.807, 2.05) is 30.3 Å². The summed E-state index contributed by atoms with van der Waals surface area (Å²) in [6.07, 6.45) is 0.996. The molecule has 1 saturated heterocycles. The lowest BCUT2D eigenvalue weighted by Crippen LogP contribution is -2.50. The first kappa shape index (κ1) is 19.9. The summed E-state index contributed by atoms with van der Waals surface area (Å²) in [5.41, 5.74) is 0.189. The van der Waals surface area contributed by atoms with Gasteiger partial charge in [-0.25, -0.2) is 4.39 Å². The number of piperidine rings is 1. The van der Waals surface area contributed by atoms with Crippen LogP contribution in [0.5, 0.6) is 5.75 Å². The highest BCUT2D eigenvalue weighted by molar-refractivity contribution is 5.84. The van der Waals surface area contributed by atoms with Crippen LogP contribution in [0.3, 0.4) is 0 Å². The third-order valence-corrected chi connectivity index (χ3v) is 5.14. The second-order valence-corrected chi connectivity index (χ2v) is 6.79. The molecule has 0 radical (unpaired) electrons. The molecule has 0 aromatic heterocycles. The topological polar surface area (TPSA) is 55.8 Å². The van der Waals surface area contributed by atoms with Crippen LogP contribution in [0.2, 0.25) is 0 Å². The maximum atomic E-state index is 12.9. The fourth-order valence-electron chi connectivity index (χ4n) is 3.54. The molecule has 0 saturated carbocycles. The van der Waals surface area contributed by atoms with Gasteiger partial charge in [0.2, 0.25) is 0 Å². The molecule has 148 valence electrons. The Balaban J connectivity index is 1.64. The van der Waals surface area contributed by atoms with Gasteiger partial charge in [0.1, 0.15) is 11.6 Å². The van der Waals surface area contributed by atoms with Crippen molar-refractivity contribution in [1.82, 2.24) is 4.90 Å². The van der Waals surface area contributed by atoms with Crippen molar-refractivity contribution in [3.63, 3.8) is 0 Å². The molecule has 2 aromatic rings. The van der Waals surface area contributed by atoms with E-state index in [9.17, 15) is 14.0 Å². The van der Waals surface area contributed by atoms with Crippen LogP contribution in [-0.4, -0.2) is 43.1 Å². The number of hydrogen-bond acceptors (Lipinski definition) is 4. The Bertz CT molecular complexity index is 799. The fourth-order valence-corrected chi connectivity index (χ4v) is 3.54. The Morgan fingerprint density at radius 1 is 1.04 bits per heavy atom. The molecule has 28 heavy (non-hydrogen) atoms. The highest BCUT2D eigenvalue weighted by Gasteiger charge is 2.44. The van der Waals surface area contributed by atoms with E-state index >= 15 is 0 Å². The highest BCUT2D eigenvalue weighted by Crippen LogP contribution is 2.37. The number of carbonyl (C=O) groups excluding carboxylic acids is 2. The molecule has 1 aliphatic heterocycles. The van der Waals surface area contributed by atoms with E-state index in [1.165, 1.54) is 24.3 Å². The Labute approximate surface area is 164 Å². The minimum Gasteiger partial charge on any atom is -0.484 e. The van der Waals surface area contributed by atoms with Gasteiger partial charge in [0.15, 0.2) is 6.61 Å². The number of likely N-dealkylation sites (tertiary alicyclic amines) is 1. The van der Waals surface area contributed by atoms with Crippen molar-refractivity contribution in [1.29, 1.82) is 0 Å². The van der Waals surface area contributed by atoms with Crippen molar-refractivity contribution in [2.45, 2.75) is 25.2 Å². The summed E-state index contributed by atoms with van der Waals surface area (Å²) in [5, 5.41) is 0. The summed E-state index contributed by atoms with van der Waals surface area (Å²) in [6.45, 7) is 2.88. The van der Waals surface area contributed by atoms with Crippen LogP contribution in [0, 0.1) is 5.82 Å². The van der Waals surface area contributed by atoms with E-state index in [-0.39, 0.29) is 24.3 Å². The highest BCUT2D eigenvalue weighted by atomic mass is 19.1. The zero-order chi connectivity index (χ0) is 20.0. The first-order chi connectivity index (χ1) is 13.5. The van der Waals surface area contributed by atoms with Gasteiger partial charge in [0, 0.05) is 13.1 Å². The van der Waals surface area contributed by atoms with Crippen molar-refractivity contribution < 1.29 is 23.5 Å². The number of rotatable bonds is 6. The van der Waals surface area contributed by atoms with Gasteiger partial charge in [-0.2, -0.15) is 0 Å². The van der Waals surface area contributed by atoms with Gasteiger partial charge in [0.25, 0.3) is 5.91 Å². The molecule has 0 unspecified atom stereocenters. The van der Waals surface area contributed by atoms with Gasteiger partial charge in [0.05, 0.1) is 12.0 Å². The maximum Gasteiger partial charge on any atom is 0.316 e. The lowest BCUT2D eigenvalue weighted by Gasteiger charge is -2.40. The van der Waals surface area contributed by atoms with Gasteiger partial charge in [-0.05, 0) is 49.6 Å². The molecule has 2 aromatic carbocycles. The molecule has 0 aliphatic carbocycles. The van der Waals surface area contributed by atoms with Crippen LogP contribution in [0.25, 0.3) is 0 Å². The fraction of sp³-hybridized carbons (Fsp3) is 0.364. The second-order valence-electron chi connectivity index (χ2n) is 6.79. The number of nitrogens with zero attached hydrogens (tertiary/aromatic N) is 1. The summed E-state index contributed by atoms with van der Waals surface area (Å²) >= 11 is 0. The van der Waals surface area contributed by atoms with Crippen LogP contribution >= 0.6 is 0 Å². The number of esters is 1. The maximum absolute atomic E-state index is 12.9. The molecular weight excluding hydrogens is 361 g/mol. The lowest BCUT2D eigenvalue weighted by molar-refractivity contribution is -0.154. The summed E-state index contributed by atoms with van der Waals surface area (Å²) in [5.74, 6) is -0.312. The third kappa shape index (κ3) is 4.32. The third-order valence-electron chi connectivity index (χ3n) is 5.14. The first-order valence-electron chi connectivity index (χ1n) is 9.44. The smallest absolute Gasteiger partial charge is 0.316 e. The van der Waals surface area contributed by atoms with Crippen molar-refractivity contribution in [2.75, 3.05) is 26.3 Å². The summed E-state index contributed by atoms with van der Waals surface area (Å²) in [4.78, 5) is 26.9. The molecule has 0 atom stereocenters. The minimum atomic E-state index is -0.730. The quantitative estimate of drug-likeness (QED) is 0.716. The van der Waals surface area contributed by atoms with E-state index in [1.54, 1.807) is 11.8 Å². The zero-order valence-electron chi connectivity index (χ0n) is 15.9. The molecule has 1 aliphatic rings. The largest absolute Gasteiger partial charge is 0.484 e. The van der Waals surface area contributed by atoms with E-state index < -0.39 is 5.41 Å².